The molecule has 1 aliphatic heterocycles. The lowest BCUT2D eigenvalue weighted by Crippen LogP contribution is -2.37. The molecule has 5 nitrogen and oxygen atoms in total. The summed E-state index contributed by atoms with van der Waals surface area (Å²) in [5.74, 6) is 4.36. The Morgan fingerprint density at radius 2 is 2.24 bits per heavy atom. The van der Waals surface area contributed by atoms with Crippen LogP contribution in [0.3, 0.4) is 0 Å². The van der Waals surface area contributed by atoms with Crippen molar-refractivity contribution in [3.8, 4) is 11.8 Å². The molecular formula is C14H17FN2O3S. The van der Waals surface area contributed by atoms with E-state index in [1.165, 1.54) is 16.4 Å². The highest BCUT2D eigenvalue weighted by molar-refractivity contribution is 7.89. The Bertz CT molecular complexity index is 679. The summed E-state index contributed by atoms with van der Waals surface area (Å²) in [5, 5.41) is 9.23. The Labute approximate surface area is 123 Å². The van der Waals surface area contributed by atoms with Crippen LogP contribution < -0.4 is 5.73 Å². The Morgan fingerprint density at radius 3 is 2.86 bits per heavy atom. The molecule has 0 bridgehead atoms. The van der Waals surface area contributed by atoms with Gasteiger partial charge in [-0.2, -0.15) is 4.31 Å². The molecule has 1 aromatic rings. The standard InChI is InChI=1S/C14H17FN2O3S/c15-14-9-13(6-5-11(14)3-1-7-16)21(19,20)17-8-2-4-12(17)10-18/h5-6,9,12,18H,2,4,7-8,10,16H2. The van der Waals surface area contributed by atoms with Crippen molar-refractivity contribution in [1.82, 2.24) is 4.31 Å². The molecule has 0 radical (unpaired) electrons. The summed E-state index contributed by atoms with van der Waals surface area (Å²) in [6, 6.07) is 3.18. The number of nitrogens with zero attached hydrogens (tertiary/aromatic N) is 1. The molecule has 0 amide bonds. The minimum Gasteiger partial charge on any atom is -0.395 e. The van der Waals surface area contributed by atoms with Crippen LogP contribution in [0.15, 0.2) is 23.1 Å². The number of aliphatic hydroxyl groups is 1. The van der Waals surface area contributed by atoms with E-state index in [1.54, 1.807) is 0 Å². The van der Waals surface area contributed by atoms with E-state index in [4.69, 9.17) is 5.73 Å². The van der Waals surface area contributed by atoms with Crippen molar-refractivity contribution in [1.29, 1.82) is 0 Å². The zero-order valence-electron chi connectivity index (χ0n) is 11.4. The maximum atomic E-state index is 13.9. The predicted octanol–water partition coefficient (Wildman–Crippen LogP) is 0.281. The third-order valence-electron chi connectivity index (χ3n) is 3.41. The number of halogens is 1. The number of rotatable bonds is 3. The highest BCUT2D eigenvalue weighted by atomic mass is 32.2. The summed E-state index contributed by atoms with van der Waals surface area (Å²) in [6.45, 7) is 0.205. The van der Waals surface area contributed by atoms with Crippen molar-refractivity contribution >= 4 is 10.0 Å². The second-order valence-electron chi connectivity index (χ2n) is 4.74. The summed E-state index contributed by atoms with van der Waals surface area (Å²) in [7, 11) is -3.80. The van der Waals surface area contributed by atoms with Crippen molar-refractivity contribution < 1.29 is 17.9 Å². The number of aliphatic hydroxyl groups excluding tert-OH is 1. The van der Waals surface area contributed by atoms with Crippen LogP contribution in [0.4, 0.5) is 4.39 Å². The van der Waals surface area contributed by atoms with Gasteiger partial charge < -0.3 is 10.8 Å². The maximum absolute atomic E-state index is 13.9. The topological polar surface area (TPSA) is 83.6 Å². The lowest BCUT2D eigenvalue weighted by atomic mass is 10.2. The van der Waals surface area contributed by atoms with Gasteiger partial charge in [-0.1, -0.05) is 11.8 Å². The molecule has 1 heterocycles. The third kappa shape index (κ3) is 3.24. The first kappa shape index (κ1) is 15.9. The fraction of sp³-hybridized carbons (Fsp3) is 0.429. The van der Waals surface area contributed by atoms with Gasteiger partial charge in [0, 0.05) is 12.6 Å². The average molecular weight is 312 g/mol. The predicted molar refractivity (Wildman–Crippen MR) is 76.3 cm³/mol. The molecule has 1 aliphatic rings. The number of sulfonamides is 1. The summed E-state index contributed by atoms with van der Waals surface area (Å²) in [5.41, 5.74) is 5.33. The van der Waals surface area contributed by atoms with Crippen LogP contribution in [-0.4, -0.2) is 43.6 Å². The van der Waals surface area contributed by atoms with Crippen LogP contribution in [0.5, 0.6) is 0 Å². The van der Waals surface area contributed by atoms with Crippen molar-refractivity contribution in [3.05, 3.63) is 29.6 Å². The lowest BCUT2D eigenvalue weighted by molar-refractivity contribution is 0.213. The molecule has 0 saturated carbocycles. The van der Waals surface area contributed by atoms with Crippen LogP contribution in [0.2, 0.25) is 0 Å². The highest BCUT2D eigenvalue weighted by Crippen LogP contribution is 2.26. The summed E-state index contributed by atoms with van der Waals surface area (Å²) >= 11 is 0. The van der Waals surface area contributed by atoms with Crippen LogP contribution >= 0.6 is 0 Å². The second-order valence-corrected chi connectivity index (χ2v) is 6.63. The van der Waals surface area contributed by atoms with Crippen molar-refractivity contribution in [2.45, 2.75) is 23.8 Å². The lowest BCUT2D eigenvalue weighted by Gasteiger charge is -2.22. The number of hydrogen-bond donors (Lipinski definition) is 2. The SMILES string of the molecule is NCC#Cc1ccc(S(=O)(=O)N2CCCC2CO)cc1F. The largest absolute Gasteiger partial charge is 0.395 e. The molecule has 0 spiro atoms. The zero-order valence-corrected chi connectivity index (χ0v) is 12.2. The smallest absolute Gasteiger partial charge is 0.243 e. The summed E-state index contributed by atoms with van der Waals surface area (Å²) in [6.07, 6.45) is 1.30. The molecule has 7 heteroatoms. The number of benzene rings is 1. The number of hydrogen-bond acceptors (Lipinski definition) is 4. The van der Waals surface area contributed by atoms with E-state index >= 15 is 0 Å². The van der Waals surface area contributed by atoms with Gasteiger partial charge in [-0.3, -0.25) is 0 Å². The molecule has 21 heavy (non-hydrogen) atoms. The molecule has 2 rings (SSSR count). The third-order valence-corrected chi connectivity index (χ3v) is 5.35. The van der Waals surface area contributed by atoms with Gasteiger partial charge >= 0.3 is 0 Å². The molecule has 114 valence electrons. The molecule has 1 fully saturated rings. The van der Waals surface area contributed by atoms with E-state index in [9.17, 15) is 17.9 Å². The van der Waals surface area contributed by atoms with E-state index < -0.39 is 21.9 Å². The van der Waals surface area contributed by atoms with E-state index in [2.05, 4.69) is 11.8 Å². The average Bonchev–Trinajstić information content (AvgIpc) is 2.95. The van der Waals surface area contributed by atoms with Crippen LogP contribution in [-0.2, 0) is 10.0 Å². The monoisotopic (exact) mass is 312 g/mol. The fourth-order valence-electron chi connectivity index (χ4n) is 2.35. The normalized spacial score (nSPS) is 19.3. The molecule has 1 atom stereocenters. The quantitative estimate of drug-likeness (QED) is 0.785. The molecular weight excluding hydrogens is 295 g/mol. The van der Waals surface area contributed by atoms with E-state index in [-0.39, 0.29) is 23.6 Å². The Balaban J connectivity index is 2.35. The van der Waals surface area contributed by atoms with E-state index in [1.807, 2.05) is 0 Å². The molecule has 1 saturated heterocycles. The second kappa shape index (κ2) is 6.54. The highest BCUT2D eigenvalue weighted by Gasteiger charge is 2.35. The van der Waals surface area contributed by atoms with Gasteiger partial charge in [-0.25, -0.2) is 12.8 Å². The van der Waals surface area contributed by atoms with Crippen molar-refractivity contribution in [3.63, 3.8) is 0 Å². The summed E-state index contributed by atoms with van der Waals surface area (Å²) in [4.78, 5) is -0.126. The Morgan fingerprint density at radius 1 is 1.48 bits per heavy atom. The molecule has 3 N–H and O–H groups in total. The van der Waals surface area contributed by atoms with Gasteiger partial charge in [-0.15, -0.1) is 0 Å². The zero-order chi connectivity index (χ0) is 15.5. The van der Waals surface area contributed by atoms with Gasteiger partial charge in [0.15, 0.2) is 0 Å². The first-order valence-electron chi connectivity index (χ1n) is 6.62. The molecule has 1 aromatic carbocycles. The maximum Gasteiger partial charge on any atom is 0.243 e. The first-order valence-corrected chi connectivity index (χ1v) is 8.06. The van der Waals surface area contributed by atoms with Crippen LogP contribution in [0.25, 0.3) is 0 Å². The van der Waals surface area contributed by atoms with Gasteiger partial charge in [0.25, 0.3) is 0 Å². The van der Waals surface area contributed by atoms with Crippen molar-refractivity contribution in [2.75, 3.05) is 19.7 Å². The first-order chi connectivity index (χ1) is 10.0. The Kier molecular flexibility index (Phi) is 4.96. The van der Waals surface area contributed by atoms with Gasteiger partial charge in [-0.05, 0) is 31.0 Å². The fourth-order valence-corrected chi connectivity index (χ4v) is 4.04. The van der Waals surface area contributed by atoms with Gasteiger partial charge in [0.1, 0.15) is 5.82 Å². The van der Waals surface area contributed by atoms with Gasteiger partial charge in [0.05, 0.1) is 23.6 Å². The Hall–Kier alpha value is -1.46. The van der Waals surface area contributed by atoms with Crippen molar-refractivity contribution in [2.24, 2.45) is 5.73 Å². The van der Waals surface area contributed by atoms with E-state index in [0.29, 0.717) is 19.4 Å². The number of nitrogens with two attached hydrogens (primary N) is 1. The minimum absolute atomic E-state index is 0.103. The van der Waals surface area contributed by atoms with Crippen LogP contribution in [0, 0.1) is 17.7 Å². The minimum atomic E-state index is -3.80. The molecule has 0 aromatic heterocycles. The molecule has 0 aliphatic carbocycles. The van der Waals surface area contributed by atoms with Crippen LogP contribution in [0.1, 0.15) is 18.4 Å². The van der Waals surface area contributed by atoms with Gasteiger partial charge in [0.2, 0.25) is 10.0 Å². The van der Waals surface area contributed by atoms with E-state index in [0.717, 1.165) is 6.07 Å². The summed E-state index contributed by atoms with van der Waals surface area (Å²) < 4.78 is 40.1. The molecule has 1 unspecified atom stereocenters.